The van der Waals surface area contributed by atoms with E-state index in [2.05, 4.69) is 17.4 Å². The zero-order chi connectivity index (χ0) is 21.6. The van der Waals surface area contributed by atoms with Crippen LogP contribution in [0.15, 0.2) is 42.5 Å². The molecule has 0 bridgehead atoms. The van der Waals surface area contributed by atoms with Crippen LogP contribution in [-0.4, -0.2) is 40.3 Å². The van der Waals surface area contributed by atoms with Gasteiger partial charge in [0.25, 0.3) is 0 Å². The van der Waals surface area contributed by atoms with Crippen LogP contribution in [0, 0.1) is 6.92 Å². The van der Waals surface area contributed by atoms with Gasteiger partial charge in [-0.05, 0) is 50.5 Å². The second kappa shape index (κ2) is 9.98. The molecule has 158 valence electrons. The van der Waals surface area contributed by atoms with E-state index in [0.29, 0.717) is 18.0 Å². The fourth-order valence-corrected chi connectivity index (χ4v) is 4.54. The van der Waals surface area contributed by atoms with E-state index < -0.39 is 16.1 Å². The fraction of sp³-hybridized carbons (Fsp3) is 0.381. The molecule has 0 radical (unpaired) electrons. The van der Waals surface area contributed by atoms with Crippen molar-refractivity contribution in [2.45, 2.75) is 32.7 Å². The molecule has 0 aliphatic heterocycles. The Morgan fingerprint density at radius 1 is 1.24 bits per heavy atom. The summed E-state index contributed by atoms with van der Waals surface area (Å²) in [5.41, 5.74) is 2.71. The number of carbonyl (C=O) groups is 1. The molecular formula is C21H27ClN2O4S. The molecule has 8 heteroatoms. The number of halogens is 1. The molecule has 1 atom stereocenters. The van der Waals surface area contributed by atoms with Gasteiger partial charge >= 0.3 is 0 Å². The Kier molecular flexibility index (Phi) is 7.93. The first-order valence-corrected chi connectivity index (χ1v) is 11.5. The summed E-state index contributed by atoms with van der Waals surface area (Å²) in [6.45, 7) is 4.05. The third-order valence-electron chi connectivity index (χ3n) is 4.50. The Hall–Kier alpha value is -2.25. The molecule has 1 amide bonds. The van der Waals surface area contributed by atoms with Crippen molar-refractivity contribution in [1.82, 2.24) is 5.32 Å². The summed E-state index contributed by atoms with van der Waals surface area (Å²) >= 11 is 6.13. The number of amides is 1. The molecule has 1 N–H and O–H groups in total. The monoisotopic (exact) mass is 438 g/mol. The van der Waals surface area contributed by atoms with Crippen LogP contribution in [0.25, 0.3) is 0 Å². The SMILES string of the molecule is COc1ccc(N([C@@H](C)C(=O)NCCCc2cccc(C)c2)S(C)(=O)=O)cc1Cl. The quantitative estimate of drug-likeness (QED) is 0.607. The van der Waals surface area contributed by atoms with E-state index in [1.807, 2.05) is 19.1 Å². The minimum absolute atomic E-state index is 0.268. The summed E-state index contributed by atoms with van der Waals surface area (Å²) in [7, 11) is -2.23. The van der Waals surface area contributed by atoms with Gasteiger partial charge in [0, 0.05) is 6.54 Å². The Morgan fingerprint density at radius 2 is 1.97 bits per heavy atom. The largest absolute Gasteiger partial charge is 0.495 e. The standard InChI is InChI=1S/C21H27ClN2O4S/c1-15-7-5-8-17(13-15)9-6-12-23-21(25)16(2)24(29(4,26)27)18-10-11-20(28-3)19(22)14-18/h5,7-8,10-11,13-14,16H,6,9,12H2,1-4H3,(H,23,25)/t16-/m0/s1. The van der Waals surface area contributed by atoms with Crippen molar-refractivity contribution in [3.63, 3.8) is 0 Å². The molecule has 0 saturated heterocycles. The third kappa shape index (κ3) is 6.37. The van der Waals surface area contributed by atoms with Gasteiger partial charge in [0.1, 0.15) is 11.8 Å². The van der Waals surface area contributed by atoms with Crippen LogP contribution in [0.2, 0.25) is 5.02 Å². The van der Waals surface area contributed by atoms with Gasteiger partial charge in [0.05, 0.1) is 24.1 Å². The average Bonchev–Trinajstić information content (AvgIpc) is 2.64. The van der Waals surface area contributed by atoms with Gasteiger partial charge in [-0.1, -0.05) is 41.4 Å². The van der Waals surface area contributed by atoms with Gasteiger partial charge in [0.2, 0.25) is 15.9 Å². The highest BCUT2D eigenvalue weighted by atomic mass is 35.5. The number of nitrogens with one attached hydrogen (secondary N) is 1. The number of methoxy groups -OCH3 is 1. The number of anilines is 1. The number of benzene rings is 2. The highest BCUT2D eigenvalue weighted by Gasteiger charge is 2.29. The zero-order valence-electron chi connectivity index (χ0n) is 17.1. The average molecular weight is 439 g/mol. The fourth-order valence-electron chi connectivity index (χ4n) is 3.12. The predicted octanol–water partition coefficient (Wildman–Crippen LogP) is 3.56. The smallest absolute Gasteiger partial charge is 0.243 e. The first-order chi connectivity index (χ1) is 13.6. The second-order valence-electron chi connectivity index (χ2n) is 6.94. The summed E-state index contributed by atoms with van der Waals surface area (Å²) in [6, 6.07) is 11.9. The summed E-state index contributed by atoms with van der Waals surface area (Å²) in [6.07, 6.45) is 2.65. The molecule has 2 rings (SSSR count). The minimum Gasteiger partial charge on any atom is -0.495 e. The van der Waals surface area contributed by atoms with Crippen molar-refractivity contribution in [2.75, 3.05) is 24.2 Å². The molecule has 0 fully saturated rings. The number of ether oxygens (including phenoxy) is 1. The topological polar surface area (TPSA) is 75.7 Å². The van der Waals surface area contributed by atoms with Crippen molar-refractivity contribution >= 4 is 33.2 Å². The van der Waals surface area contributed by atoms with Gasteiger partial charge in [-0.2, -0.15) is 0 Å². The maximum Gasteiger partial charge on any atom is 0.243 e. The lowest BCUT2D eigenvalue weighted by molar-refractivity contribution is -0.121. The first-order valence-electron chi connectivity index (χ1n) is 9.29. The van der Waals surface area contributed by atoms with Crippen molar-refractivity contribution in [2.24, 2.45) is 0 Å². The maximum atomic E-state index is 12.6. The number of nitrogens with zero attached hydrogens (tertiary/aromatic N) is 1. The van der Waals surface area contributed by atoms with E-state index in [0.717, 1.165) is 23.4 Å². The van der Waals surface area contributed by atoms with Gasteiger partial charge < -0.3 is 10.1 Å². The summed E-state index contributed by atoms with van der Waals surface area (Å²) in [4.78, 5) is 12.6. The first kappa shape index (κ1) is 23.0. The molecule has 0 aliphatic carbocycles. The molecule has 29 heavy (non-hydrogen) atoms. The predicted molar refractivity (Wildman–Crippen MR) is 117 cm³/mol. The van der Waals surface area contributed by atoms with Crippen molar-refractivity contribution in [3.8, 4) is 5.75 Å². The molecule has 0 heterocycles. The number of rotatable bonds is 9. The van der Waals surface area contributed by atoms with E-state index in [-0.39, 0.29) is 10.9 Å². The molecule has 6 nitrogen and oxygen atoms in total. The lowest BCUT2D eigenvalue weighted by atomic mass is 10.1. The second-order valence-corrected chi connectivity index (χ2v) is 9.20. The normalized spacial score (nSPS) is 12.3. The number of hydrogen-bond donors (Lipinski definition) is 1. The molecule has 0 aromatic heterocycles. The molecule has 0 unspecified atom stereocenters. The van der Waals surface area contributed by atoms with Gasteiger partial charge in [-0.25, -0.2) is 8.42 Å². The van der Waals surface area contributed by atoms with Crippen LogP contribution < -0.4 is 14.4 Å². The lowest BCUT2D eigenvalue weighted by Gasteiger charge is -2.28. The molecular weight excluding hydrogens is 412 g/mol. The van der Waals surface area contributed by atoms with Crippen LogP contribution in [0.4, 0.5) is 5.69 Å². The van der Waals surface area contributed by atoms with Crippen LogP contribution in [0.1, 0.15) is 24.5 Å². The Morgan fingerprint density at radius 3 is 2.55 bits per heavy atom. The number of sulfonamides is 1. The third-order valence-corrected chi connectivity index (χ3v) is 6.04. The zero-order valence-corrected chi connectivity index (χ0v) is 18.7. The lowest BCUT2D eigenvalue weighted by Crippen LogP contribution is -2.48. The minimum atomic E-state index is -3.70. The van der Waals surface area contributed by atoms with E-state index in [4.69, 9.17) is 16.3 Å². The van der Waals surface area contributed by atoms with Crippen LogP contribution in [0.3, 0.4) is 0 Å². The Bertz CT molecular complexity index is 963. The number of aryl methyl sites for hydroxylation is 2. The highest BCUT2D eigenvalue weighted by molar-refractivity contribution is 7.92. The molecule has 0 saturated carbocycles. The molecule has 2 aromatic carbocycles. The van der Waals surface area contributed by atoms with Crippen molar-refractivity contribution < 1.29 is 17.9 Å². The molecule has 0 spiro atoms. The number of hydrogen-bond acceptors (Lipinski definition) is 4. The number of carbonyl (C=O) groups excluding carboxylic acids is 1. The van der Waals surface area contributed by atoms with E-state index >= 15 is 0 Å². The van der Waals surface area contributed by atoms with Crippen LogP contribution in [0.5, 0.6) is 5.75 Å². The summed E-state index contributed by atoms with van der Waals surface area (Å²) < 4.78 is 30.9. The molecule has 2 aromatic rings. The maximum absolute atomic E-state index is 12.6. The van der Waals surface area contributed by atoms with Crippen LogP contribution in [-0.2, 0) is 21.2 Å². The Labute approximate surface area is 177 Å². The van der Waals surface area contributed by atoms with E-state index in [1.54, 1.807) is 19.1 Å². The van der Waals surface area contributed by atoms with Gasteiger partial charge in [-0.3, -0.25) is 9.10 Å². The van der Waals surface area contributed by atoms with E-state index in [1.165, 1.54) is 24.3 Å². The summed E-state index contributed by atoms with van der Waals surface area (Å²) in [5, 5.41) is 3.09. The van der Waals surface area contributed by atoms with Crippen LogP contribution >= 0.6 is 11.6 Å². The van der Waals surface area contributed by atoms with Crippen molar-refractivity contribution in [3.05, 3.63) is 58.6 Å². The Balaban J connectivity index is 2.04. The summed E-state index contributed by atoms with van der Waals surface area (Å²) in [5.74, 6) is 0.0590. The van der Waals surface area contributed by atoms with Gasteiger partial charge in [0.15, 0.2) is 0 Å². The highest BCUT2D eigenvalue weighted by Crippen LogP contribution is 2.31. The molecule has 0 aliphatic rings. The van der Waals surface area contributed by atoms with Gasteiger partial charge in [-0.15, -0.1) is 0 Å². The van der Waals surface area contributed by atoms with Crippen molar-refractivity contribution in [1.29, 1.82) is 0 Å². The van der Waals surface area contributed by atoms with E-state index in [9.17, 15) is 13.2 Å².